The van der Waals surface area contributed by atoms with Gasteiger partial charge in [-0.3, -0.25) is 9.59 Å². The molecular formula is C26H26N2O2. The number of nitrogens with one attached hydrogen (secondary N) is 1. The van der Waals surface area contributed by atoms with Crippen LogP contribution >= 0.6 is 0 Å². The second kappa shape index (κ2) is 8.95. The van der Waals surface area contributed by atoms with E-state index in [1.165, 1.54) is 0 Å². The van der Waals surface area contributed by atoms with Gasteiger partial charge in [0.25, 0.3) is 0 Å². The zero-order chi connectivity index (χ0) is 20.9. The minimum Gasteiger partial charge on any atom is -0.349 e. The van der Waals surface area contributed by atoms with Crippen LogP contribution in [0.5, 0.6) is 0 Å². The SMILES string of the molecule is Cc1ccc(N2CC(C(=O)NC(Cc3ccccc3)c3ccccc3)CC2=O)cc1. The Morgan fingerprint density at radius 1 is 0.967 bits per heavy atom. The van der Waals surface area contributed by atoms with Gasteiger partial charge in [0, 0.05) is 18.7 Å². The third-order valence-electron chi connectivity index (χ3n) is 5.64. The van der Waals surface area contributed by atoms with Gasteiger partial charge in [-0.1, -0.05) is 78.4 Å². The summed E-state index contributed by atoms with van der Waals surface area (Å²) < 4.78 is 0. The largest absolute Gasteiger partial charge is 0.349 e. The fourth-order valence-corrected chi connectivity index (χ4v) is 3.93. The van der Waals surface area contributed by atoms with Crippen molar-refractivity contribution in [2.75, 3.05) is 11.4 Å². The third kappa shape index (κ3) is 4.60. The first-order valence-electron chi connectivity index (χ1n) is 10.4. The van der Waals surface area contributed by atoms with E-state index >= 15 is 0 Å². The molecule has 0 radical (unpaired) electrons. The number of nitrogens with zero attached hydrogens (tertiary/aromatic N) is 1. The minimum atomic E-state index is -0.346. The standard InChI is InChI=1S/C26H26N2O2/c1-19-12-14-23(15-13-19)28-18-22(17-25(28)29)26(30)27-24(21-10-6-3-7-11-21)16-20-8-4-2-5-9-20/h2-15,22,24H,16-18H2,1H3,(H,27,30). The number of anilines is 1. The van der Waals surface area contributed by atoms with E-state index in [0.29, 0.717) is 13.0 Å². The molecule has 0 aliphatic carbocycles. The van der Waals surface area contributed by atoms with Crippen molar-refractivity contribution in [3.05, 3.63) is 102 Å². The van der Waals surface area contributed by atoms with E-state index in [4.69, 9.17) is 0 Å². The highest BCUT2D eigenvalue weighted by Gasteiger charge is 2.35. The molecular weight excluding hydrogens is 372 g/mol. The second-order valence-corrected chi connectivity index (χ2v) is 7.90. The summed E-state index contributed by atoms with van der Waals surface area (Å²) in [6.45, 7) is 2.43. The summed E-state index contributed by atoms with van der Waals surface area (Å²) in [5.41, 5.74) is 4.22. The molecule has 3 aromatic rings. The van der Waals surface area contributed by atoms with Gasteiger partial charge in [0.15, 0.2) is 0 Å². The van der Waals surface area contributed by atoms with Crippen LogP contribution in [0, 0.1) is 12.8 Å². The van der Waals surface area contributed by atoms with Crippen LogP contribution in [-0.4, -0.2) is 18.4 Å². The van der Waals surface area contributed by atoms with Crippen molar-refractivity contribution in [1.29, 1.82) is 0 Å². The van der Waals surface area contributed by atoms with Crippen LogP contribution in [0.25, 0.3) is 0 Å². The normalized spacial score (nSPS) is 17.0. The zero-order valence-electron chi connectivity index (χ0n) is 17.1. The lowest BCUT2D eigenvalue weighted by Crippen LogP contribution is -2.36. The number of carbonyl (C=O) groups excluding carboxylic acids is 2. The summed E-state index contributed by atoms with van der Waals surface area (Å²) in [7, 11) is 0. The maximum absolute atomic E-state index is 13.1. The first-order chi connectivity index (χ1) is 14.6. The molecule has 2 atom stereocenters. The van der Waals surface area contributed by atoms with E-state index in [9.17, 15) is 9.59 Å². The van der Waals surface area contributed by atoms with Crippen LogP contribution in [0.2, 0.25) is 0 Å². The highest BCUT2D eigenvalue weighted by molar-refractivity contribution is 6.00. The van der Waals surface area contributed by atoms with Crippen molar-refractivity contribution >= 4 is 17.5 Å². The summed E-state index contributed by atoms with van der Waals surface area (Å²) in [5, 5.41) is 3.21. The van der Waals surface area contributed by atoms with Gasteiger partial charge >= 0.3 is 0 Å². The number of rotatable bonds is 6. The molecule has 1 aliphatic heterocycles. The molecule has 2 amide bonds. The molecule has 1 fully saturated rings. The summed E-state index contributed by atoms with van der Waals surface area (Å²) in [6, 6.07) is 27.9. The molecule has 1 N–H and O–H groups in total. The Labute approximate surface area is 177 Å². The van der Waals surface area contributed by atoms with Crippen molar-refractivity contribution in [2.24, 2.45) is 5.92 Å². The van der Waals surface area contributed by atoms with Gasteiger partial charge in [0.1, 0.15) is 0 Å². The van der Waals surface area contributed by atoms with Crippen LogP contribution in [0.1, 0.15) is 29.2 Å². The zero-order valence-corrected chi connectivity index (χ0v) is 17.1. The molecule has 1 heterocycles. The molecule has 152 valence electrons. The Bertz CT molecular complexity index is 1000. The lowest BCUT2D eigenvalue weighted by molar-refractivity contribution is -0.127. The Hall–Kier alpha value is -3.40. The van der Waals surface area contributed by atoms with Gasteiger partial charge in [-0.15, -0.1) is 0 Å². The number of amides is 2. The van der Waals surface area contributed by atoms with E-state index in [2.05, 4.69) is 17.4 Å². The predicted molar refractivity (Wildman–Crippen MR) is 119 cm³/mol. The molecule has 0 bridgehead atoms. The van der Waals surface area contributed by atoms with Gasteiger partial charge in [-0.05, 0) is 36.6 Å². The molecule has 1 saturated heterocycles. The summed E-state index contributed by atoms with van der Waals surface area (Å²) >= 11 is 0. The first kappa shape index (κ1) is 19.9. The molecule has 4 nitrogen and oxygen atoms in total. The van der Waals surface area contributed by atoms with E-state index in [-0.39, 0.29) is 30.2 Å². The number of hydrogen-bond acceptors (Lipinski definition) is 2. The maximum Gasteiger partial charge on any atom is 0.227 e. The molecule has 1 aliphatic rings. The fraction of sp³-hybridized carbons (Fsp3) is 0.231. The highest BCUT2D eigenvalue weighted by Crippen LogP contribution is 2.27. The number of hydrogen-bond donors (Lipinski definition) is 1. The topological polar surface area (TPSA) is 49.4 Å². The Morgan fingerprint density at radius 3 is 2.27 bits per heavy atom. The first-order valence-corrected chi connectivity index (χ1v) is 10.4. The Kier molecular flexibility index (Phi) is 5.94. The van der Waals surface area contributed by atoms with Crippen LogP contribution in [-0.2, 0) is 16.0 Å². The lowest BCUT2D eigenvalue weighted by atomic mass is 9.97. The average molecular weight is 399 g/mol. The lowest BCUT2D eigenvalue weighted by Gasteiger charge is -2.22. The van der Waals surface area contributed by atoms with Crippen molar-refractivity contribution in [3.63, 3.8) is 0 Å². The number of carbonyl (C=O) groups is 2. The van der Waals surface area contributed by atoms with Crippen LogP contribution < -0.4 is 10.2 Å². The van der Waals surface area contributed by atoms with Crippen LogP contribution in [0.15, 0.2) is 84.9 Å². The van der Waals surface area contributed by atoms with Crippen molar-refractivity contribution in [2.45, 2.75) is 25.8 Å². The molecule has 0 aromatic heterocycles. The molecule has 4 rings (SSSR count). The van der Waals surface area contributed by atoms with Crippen LogP contribution in [0.3, 0.4) is 0 Å². The van der Waals surface area contributed by atoms with E-state index in [0.717, 1.165) is 22.4 Å². The third-order valence-corrected chi connectivity index (χ3v) is 5.64. The maximum atomic E-state index is 13.1. The molecule has 30 heavy (non-hydrogen) atoms. The highest BCUT2D eigenvalue weighted by atomic mass is 16.2. The molecule has 4 heteroatoms. The predicted octanol–water partition coefficient (Wildman–Crippen LogP) is 4.45. The van der Waals surface area contributed by atoms with Gasteiger partial charge in [0.2, 0.25) is 11.8 Å². The number of aryl methyl sites for hydroxylation is 1. The fourth-order valence-electron chi connectivity index (χ4n) is 3.93. The number of benzene rings is 3. The Morgan fingerprint density at radius 2 is 1.60 bits per heavy atom. The van der Waals surface area contributed by atoms with Crippen LogP contribution in [0.4, 0.5) is 5.69 Å². The summed E-state index contributed by atoms with van der Waals surface area (Å²) in [5.74, 6) is -0.415. The smallest absolute Gasteiger partial charge is 0.227 e. The minimum absolute atomic E-state index is 0.00155. The summed E-state index contributed by atoms with van der Waals surface area (Å²) in [6.07, 6.45) is 0.950. The molecule has 3 aromatic carbocycles. The van der Waals surface area contributed by atoms with Gasteiger partial charge in [-0.25, -0.2) is 0 Å². The molecule has 0 saturated carbocycles. The van der Waals surface area contributed by atoms with Gasteiger partial charge in [-0.2, -0.15) is 0 Å². The summed E-state index contributed by atoms with van der Waals surface area (Å²) in [4.78, 5) is 27.4. The van der Waals surface area contributed by atoms with Gasteiger partial charge < -0.3 is 10.2 Å². The van der Waals surface area contributed by atoms with E-state index < -0.39 is 0 Å². The molecule has 0 spiro atoms. The average Bonchev–Trinajstić information content (AvgIpc) is 3.17. The van der Waals surface area contributed by atoms with E-state index in [1.807, 2.05) is 79.7 Å². The van der Waals surface area contributed by atoms with E-state index in [1.54, 1.807) is 4.90 Å². The van der Waals surface area contributed by atoms with Gasteiger partial charge in [0.05, 0.1) is 12.0 Å². The quantitative estimate of drug-likeness (QED) is 0.667. The molecule has 2 unspecified atom stereocenters. The van der Waals surface area contributed by atoms with Crippen molar-refractivity contribution in [3.8, 4) is 0 Å². The van der Waals surface area contributed by atoms with Crippen molar-refractivity contribution < 1.29 is 9.59 Å². The van der Waals surface area contributed by atoms with Crippen molar-refractivity contribution in [1.82, 2.24) is 5.32 Å². The monoisotopic (exact) mass is 398 g/mol. The second-order valence-electron chi connectivity index (χ2n) is 7.90. The Balaban J connectivity index is 1.48.